The Bertz CT molecular complexity index is 609. The minimum Gasteiger partial charge on any atom is -0.368 e. The van der Waals surface area contributed by atoms with Crippen molar-refractivity contribution < 1.29 is 4.79 Å². The van der Waals surface area contributed by atoms with Crippen LogP contribution < -0.4 is 10.2 Å². The zero-order valence-electron chi connectivity index (χ0n) is 15.5. The normalized spacial score (nSPS) is 24.5. The van der Waals surface area contributed by atoms with Crippen molar-refractivity contribution in [1.29, 1.82) is 0 Å². The number of anilines is 1. The molecule has 1 aromatic rings. The third-order valence-electron chi connectivity index (χ3n) is 5.75. The number of nitrogens with zero attached hydrogens (tertiary/aromatic N) is 2. The number of carbonyl (C=O) groups is 1. The molecule has 0 aromatic heterocycles. The van der Waals surface area contributed by atoms with Crippen molar-refractivity contribution in [3.63, 3.8) is 0 Å². The zero-order valence-corrected chi connectivity index (χ0v) is 17.0. The summed E-state index contributed by atoms with van der Waals surface area (Å²) in [6.07, 6.45) is 6.01. The van der Waals surface area contributed by atoms with E-state index >= 15 is 0 Å². The van der Waals surface area contributed by atoms with Gasteiger partial charge in [-0.3, -0.25) is 9.69 Å². The van der Waals surface area contributed by atoms with Crippen molar-refractivity contribution in [2.75, 3.05) is 37.6 Å². The first kappa shape index (κ1) is 19.8. The monoisotopic (exact) mass is 397 g/mol. The summed E-state index contributed by atoms with van der Waals surface area (Å²) in [6, 6.07) is 6.25. The first-order valence-corrected chi connectivity index (χ1v) is 10.5. The highest BCUT2D eigenvalue weighted by molar-refractivity contribution is 6.43. The van der Waals surface area contributed by atoms with Crippen LogP contribution in [-0.4, -0.2) is 49.6 Å². The highest BCUT2D eigenvalue weighted by Crippen LogP contribution is 2.33. The molecule has 0 atom stereocenters. The summed E-state index contributed by atoms with van der Waals surface area (Å²) in [5.74, 6) is 0.909. The van der Waals surface area contributed by atoms with Crippen LogP contribution in [0, 0.1) is 5.92 Å². The molecule has 3 rings (SSSR count). The number of halogens is 2. The van der Waals surface area contributed by atoms with Crippen LogP contribution in [0.15, 0.2) is 18.2 Å². The molecule has 0 radical (unpaired) electrons. The van der Waals surface area contributed by atoms with Gasteiger partial charge in [-0.15, -0.1) is 0 Å². The molecule has 0 spiro atoms. The molecule has 4 nitrogen and oxygen atoms in total. The van der Waals surface area contributed by atoms with Crippen molar-refractivity contribution in [1.82, 2.24) is 10.2 Å². The summed E-state index contributed by atoms with van der Waals surface area (Å²) in [7, 11) is 0. The topological polar surface area (TPSA) is 35.6 Å². The lowest BCUT2D eigenvalue weighted by Crippen LogP contribution is -2.47. The average Bonchev–Trinajstić information content (AvgIpc) is 2.63. The van der Waals surface area contributed by atoms with E-state index in [1.54, 1.807) is 6.92 Å². The number of piperazine rings is 1. The number of amides is 1. The quantitative estimate of drug-likeness (QED) is 0.808. The lowest BCUT2D eigenvalue weighted by atomic mass is 9.84. The minimum absolute atomic E-state index is 0.103. The van der Waals surface area contributed by atoms with E-state index in [0.29, 0.717) is 16.1 Å². The molecule has 1 heterocycles. The van der Waals surface area contributed by atoms with Crippen molar-refractivity contribution in [2.24, 2.45) is 5.92 Å². The van der Waals surface area contributed by atoms with Gasteiger partial charge in [-0.05, 0) is 56.7 Å². The van der Waals surface area contributed by atoms with E-state index in [9.17, 15) is 4.79 Å². The van der Waals surface area contributed by atoms with E-state index in [1.165, 1.54) is 25.8 Å². The number of carbonyl (C=O) groups excluding carboxylic acids is 1. The van der Waals surface area contributed by atoms with Crippen molar-refractivity contribution in [3.8, 4) is 0 Å². The Labute approximate surface area is 166 Å². The van der Waals surface area contributed by atoms with Crippen LogP contribution in [0.5, 0.6) is 0 Å². The Kier molecular flexibility index (Phi) is 7.07. The molecule has 6 heteroatoms. The lowest BCUT2D eigenvalue weighted by molar-refractivity contribution is -0.119. The van der Waals surface area contributed by atoms with Crippen molar-refractivity contribution in [3.05, 3.63) is 28.2 Å². The Hall–Kier alpha value is -0.970. The molecule has 1 N–H and O–H groups in total. The molecular formula is C20H29Cl2N3O. The van der Waals surface area contributed by atoms with Crippen molar-refractivity contribution in [2.45, 2.75) is 45.1 Å². The fourth-order valence-corrected chi connectivity index (χ4v) is 4.61. The second-order valence-electron chi connectivity index (χ2n) is 7.61. The number of nitrogens with one attached hydrogen (secondary N) is 1. The van der Waals surface area contributed by atoms with Gasteiger partial charge in [0.1, 0.15) is 0 Å². The van der Waals surface area contributed by atoms with E-state index in [-0.39, 0.29) is 5.91 Å². The number of rotatable bonds is 5. The molecule has 0 bridgehead atoms. The molecular weight excluding hydrogens is 369 g/mol. The summed E-state index contributed by atoms with van der Waals surface area (Å²) in [4.78, 5) is 16.1. The van der Waals surface area contributed by atoms with Gasteiger partial charge in [-0.1, -0.05) is 29.3 Å². The van der Waals surface area contributed by atoms with E-state index in [2.05, 4.69) is 21.2 Å². The predicted molar refractivity (Wildman–Crippen MR) is 109 cm³/mol. The minimum atomic E-state index is 0.103. The molecule has 1 aliphatic carbocycles. The maximum atomic E-state index is 11.2. The van der Waals surface area contributed by atoms with E-state index in [1.807, 2.05) is 12.1 Å². The maximum absolute atomic E-state index is 11.2. The molecule has 1 aliphatic heterocycles. The van der Waals surface area contributed by atoms with E-state index in [0.717, 1.165) is 50.6 Å². The Morgan fingerprint density at radius 2 is 1.81 bits per heavy atom. The van der Waals surface area contributed by atoms with Gasteiger partial charge in [-0.25, -0.2) is 0 Å². The van der Waals surface area contributed by atoms with Gasteiger partial charge < -0.3 is 10.2 Å². The van der Waals surface area contributed by atoms with Crippen LogP contribution in [0.3, 0.4) is 0 Å². The van der Waals surface area contributed by atoms with Crippen LogP contribution in [0.4, 0.5) is 5.69 Å². The van der Waals surface area contributed by atoms with Gasteiger partial charge in [0, 0.05) is 39.1 Å². The summed E-state index contributed by atoms with van der Waals surface area (Å²) in [6.45, 7) is 6.92. The Morgan fingerprint density at radius 3 is 2.46 bits per heavy atom. The van der Waals surface area contributed by atoms with Gasteiger partial charge in [0.05, 0.1) is 15.7 Å². The third kappa shape index (κ3) is 5.28. The molecule has 2 aliphatic rings. The van der Waals surface area contributed by atoms with Gasteiger partial charge in [-0.2, -0.15) is 0 Å². The number of hydrogen-bond donors (Lipinski definition) is 1. The number of hydrogen-bond acceptors (Lipinski definition) is 3. The van der Waals surface area contributed by atoms with Crippen LogP contribution in [0.25, 0.3) is 0 Å². The molecule has 1 saturated carbocycles. The Morgan fingerprint density at radius 1 is 1.12 bits per heavy atom. The SMILES string of the molecule is CC(=O)NC1CCC(CCN2CCN(c3cccc(Cl)c3Cl)CC2)CC1. The molecule has 26 heavy (non-hydrogen) atoms. The van der Waals surface area contributed by atoms with Crippen LogP contribution in [0.1, 0.15) is 39.0 Å². The smallest absolute Gasteiger partial charge is 0.217 e. The molecule has 1 amide bonds. The standard InChI is InChI=1S/C20H29Cl2N3O/c1-15(26)23-17-7-5-16(6-8-17)9-10-24-11-13-25(14-12-24)19-4-2-3-18(21)20(19)22/h2-4,16-17H,5-14H2,1H3,(H,23,26). The van der Waals surface area contributed by atoms with Crippen LogP contribution in [-0.2, 0) is 4.79 Å². The maximum Gasteiger partial charge on any atom is 0.217 e. The summed E-state index contributed by atoms with van der Waals surface area (Å²) < 4.78 is 0. The van der Waals surface area contributed by atoms with Gasteiger partial charge in [0.15, 0.2) is 0 Å². The summed E-state index contributed by atoms with van der Waals surface area (Å²) >= 11 is 12.5. The summed E-state index contributed by atoms with van der Waals surface area (Å²) in [5.41, 5.74) is 1.05. The lowest BCUT2D eigenvalue weighted by Gasteiger charge is -2.37. The second-order valence-corrected chi connectivity index (χ2v) is 8.39. The third-order valence-corrected chi connectivity index (χ3v) is 6.56. The fraction of sp³-hybridized carbons (Fsp3) is 0.650. The number of benzene rings is 1. The van der Waals surface area contributed by atoms with E-state index < -0.39 is 0 Å². The first-order valence-electron chi connectivity index (χ1n) is 9.71. The molecule has 144 valence electrons. The second kappa shape index (κ2) is 9.29. The summed E-state index contributed by atoms with van der Waals surface area (Å²) in [5, 5.41) is 4.35. The van der Waals surface area contributed by atoms with Gasteiger partial charge in [0.2, 0.25) is 5.91 Å². The average molecular weight is 398 g/mol. The fourth-order valence-electron chi connectivity index (χ4n) is 4.20. The molecule has 0 unspecified atom stereocenters. The van der Waals surface area contributed by atoms with Gasteiger partial charge >= 0.3 is 0 Å². The largest absolute Gasteiger partial charge is 0.368 e. The van der Waals surface area contributed by atoms with Crippen molar-refractivity contribution >= 4 is 34.8 Å². The molecule has 1 saturated heterocycles. The zero-order chi connectivity index (χ0) is 18.5. The predicted octanol–water partition coefficient (Wildman–Crippen LogP) is 4.20. The Balaban J connectivity index is 1.38. The highest BCUT2D eigenvalue weighted by Gasteiger charge is 2.24. The van der Waals surface area contributed by atoms with Crippen LogP contribution >= 0.6 is 23.2 Å². The first-order chi connectivity index (χ1) is 12.5. The van der Waals surface area contributed by atoms with E-state index in [4.69, 9.17) is 23.2 Å². The van der Waals surface area contributed by atoms with Crippen LogP contribution in [0.2, 0.25) is 10.0 Å². The molecule has 1 aromatic carbocycles. The highest BCUT2D eigenvalue weighted by atomic mass is 35.5. The van der Waals surface area contributed by atoms with Gasteiger partial charge in [0.25, 0.3) is 0 Å². The molecule has 2 fully saturated rings.